The smallest absolute Gasteiger partial charge is 0.113 e. The Hall–Kier alpha value is -3.10. The minimum absolute atomic E-state index is 0.282. The van der Waals surface area contributed by atoms with Gasteiger partial charge >= 0.3 is 0 Å². The Morgan fingerprint density at radius 3 is 1.37 bits per heavy atom. The Bertz CT molecular complexity index is 1200. The minimum Gasteiger partial charge on any atom is -0.344 e. The van der Waals surface area contributed by atoms with Crippen LogP contribution in [0.1, 0.15) is 22.3 Å². The highest BCUT2D eigenvalue weighted by Crippen LogP contribution is 2.55. The number of para-hydroxylation sites is 2. The summed E-state index contributed by atoms with van der Waals surface area (Å²) in [5.41, 5.74) is 8.01. The lowest BCUT2D eigenvalue weighted by atomic mass is 9.62. The van der Waals surface area contributed by atoms with Crippen molar-refractivity contribution in [1.82, 2.24) is 0 Å². The lowest BCUT2D eigenvalue weighted by Crippen LogP contribution is -2.63. The Morgan fingerprint density at radius 2 is 0.900 bits per heavy atom. The molecule has 0 radical (unpaired) electrons. The number of benzene rings is 4. The van der Waals surface area contributed by atoms with Crippen molar-refractivity contribution in [2.24, 2.45) is 0 Å². The van der Waals surface area contributed by atoms with Crippen LogP contribution in [-0.4, -0.2) is 15.1 Å². The molecule has 2 heteroatoms. The second-order valence-electron chi connectivity index (χ2n) is 9.06. The molecule has 0 saturated carbocycles. The van der Waals surface area contributed by atoms with Crippen molar-refractivity contribution < 1.29 is 0 Å². The van der Waals surface area contributed by atoms with E-state index in [9.17, 15) is 0 Å². The molecule has 0 N–H and O–H groups in total. The van der Waals surface area contributed by atoms with Crippen LogP contribution in [-0.2, 0) is 5.41 Å². The van der Waals surface area contributed by atoms with Gasteiger partial charge in [-0.2, -0.15) is 0 Å². The monoisotopic (exact) mass is 403 g/mol. The molecule has 0 fully saturated rings. The van der Waals surface area contributed by atoms with E-state index in [1.807, 2.05) is 0 Å². The molecular weight excluding hydrogens is 378 g/mol. The van der Waals surface area contributed by atoms with Crippen molar-refractivity contribution in [1.29, 1.82) is 0 Å². The standard InChI is InChI=1S/C28H25NSi/c1-29-24-16-8-4-12-20(24)28(21-13-5-9-17-25(21)29)22-14-6-10-18-26(22)30(2,3)27-19-11-7-15-23(27)28/h4-19H,1-3H3. The molecule has 6 rings (SSSR count). The highest BCUT2D eigenvalue weighted by atomic mass is 28.3. The molecule has 0 aromatic heterocycles. The molecule has 2 heterocycles. The van der Waals surface area contributed by atoms with Gasteiger partial charge in [0.05, 0.1) is 5.41 Å². The maximum atomic E-state index is 2.50. The summed E-state index contributed by atoms with van der Waals surface area (Å²) in [5, 5.41) is 3.11. The van der Waals surface area contributed by atoms with Crippen LogP contribution in [0.25, 0.3) is 0 Å². The second kappa shape index (κ2) is 5.96. The molecule has 0 saturated heterocycles. The third-order valence-corrected chi connectivity index (χ3v) is 10.9. The van der Waals surface area contributed by atoms with Gasteiger partial charge in [0.1, 0.15) is 8.07 Å². The maximum absolute atomic E-state index is 2.50. The molecule has 0 bridgehead atoms. The molecule has 4 aromatic rings. The minimum atomic E-state index is -1.81. The number of fused-ring (bicyclic) bond motifs is 8. The van der Waals surface area contributed by atoms with Crippen LogP contribution in [0.4, 0.5) is 11.4 Å². The summed E-state index contributed by atoms with van der Waals surface area (Å²) in [6.07, 6.45) is 0. The predicted molar refractivity (Wildman–Crippen MR) is 130 cm³/mol. The van der Waals surface area contributed by atoms with Crippen molar-refractivity contribution in [3.05, 3.63) is 119 Å². The van der Waals surface area contributed by atoms with Crippen LogP contribution in [0.5, 0.6) is 0 Å². The topological polar surface area (TPSA) is 3.24 Å². The zero-order valence-corrected chi connectivity index (χ0v) is 18.7. The second-order valence-corrected chi connectivity index (χ2v) is 13.4. The van der Waals surface area contributed by atoms with E-state index in [-0.39, 0.29) is 5.41 Å². The van der Waals surface area contributed by atoms with Gasteiger partial charge < -0.3 is 4.90 Å². The first-order valence-electron chi connectivity index (χ1n) is 10.7. The SMILES string of the molecule is CN1c2ccccc2C2(c3ccccc31)c1ccccc1[Si](C)(C)c1ccccc12. The Morgan fingerprint density at radius 1 is 0.533 bits per heavy atom. The molecule has 0 aliphatic carbocycles. The first kappa shape index (κ1) is 17.7. The van der Waals surface area contributed by atoms with E-state index in [2.05, 4.69) is 122 Å². The molecule has 0 amide bonds. The molecule has 30 heavy (non-hydrogen) atoms. The summed E-state index contributed by atoms with van der Waals surface area (Å²) >= 11 is 0. The largest absolute Gasteiger partial charge is 0.344 e. The van der Waals surface area contributed by atoms with Gasteiger partial charge in [-0.1, -0.05) is 98.0 Å². The van der Waals surface area contributed by atoms with Crippen LogP contribution < -0.4 is 15.3 Å². The molecule has 146 valence electrons. The first-order chi connectivity index (χ1) is 14.6. The summed E-state index contributed by atoms with van der Waals surface area (Å²) in [7, 11) is 0.383. The molecule has 2 aliphatic heterocycles. The number of hydrogen-bond donors (Lipinski definition) is 0. The number of anilines is 2. The maximum Gasteiger partial charge on any atom is 0.113 e. The zero-order valence-electron chi connectivity index (χ0n) is 17.7. The summed E-state index contributed by atoms with van der Waals surface area (Å²) < 4.78 is 0. The summed E-state index contributed by atoms with van der Waals surface area (Å²) in [5.74, 6) is 0. The van der Waals surface area contributed by atoms with Crippen molar-refractivity contribution in [2.45, 2.75) is 18.5 Å². The quantitative estimate of drug-likeness (QED) is 0.361. The van der Waals surface area contributed by atoms with Gasteiger partial charge in [0.2, 0.25) is 0 Å². The fourth-order valence-corrected chi connectivity index (χ4v) is 9.23. The van der Waals surface area contributed by atoms with Crippen molar-refractivity contribution >= 4 is 29.8 Å². The van der Waals surface area contributed by atoms with E-state index in [1.165, 1.54) is 33.6 Å². The lowest BCUT2D eigenvalue weighted by Gasteiger charge is -2.51. The highest BCUT2D eigenvalue weighted by Gasteiger charge is 2.52. The molecule has 0 unspecified atom stereocenters. The van der Waals surface area contributed by atoms with Gasteiger partial charge in [0, 0.05) is 18.4 Å². The lowest BCUT2D eigenvalue weighted by molar-refractivity contribution is 0.731. The van der Waals surface area contributed by atoms with Gasteiger partial charge in [-0.25, -0.2) is 0 Å². The normalized spacial score (nSPS) is 17.0. The Balaban J connectivity index is 1.89. The fraction of sp³-hybridized carbons (Fsp3) is 0.143. The molecule has 2 aliphatic rings. The van der Waals surface area contributed by atoms with Crippen molar-refractivity contribution in [3.63, 3.8) is 0 Å². The van der Waals surface area contributed by atoms with Crippen LogP contribution in [0.2, 0.25) is 13.1 Å². The molecular formula is C28H25NSi. The van der Waals surface area contributed by atoms with E-state index in [1.54, 1.807) is 10.4 Å². The van der Waals surface area contributed by atoms with Crippen molar-refractivity contribution in [3.8, 4) is 0 Å². The van der Waals surface area contributed by atoms with Crippen LogP contribution in [0.3, 0.4) is 0 Å². The van der Waals surface area contributed by atoms with Gasteiger partial charge in [-0.3, -0.25) is 0 Å². The third-order valence-electron chi connectivity index (χ3n) is 7.35. The summed E-state index contributed by atoms with van der Waals surface area (Å²) in [6, 6.07) is 36.4. The van der Waals surface area contributed by atoms with Gasteiger partial charge in [0.25, 0.3) is 0 Å². The first-order valence-corrected chi connectivity index (χ1v) is 13.7. The Kier molecular flexibility index (Phi) is 3.52. The van der Waals surface area contributed by atoms with E-state index in [0.29, 0.717) is 0 Å². The average molecular weight is 404 g/mol. The van der Waals surface area contributed by atoms with Crippen LogP contribution in [0, 0.1) is 0 Å². The predicted octanol–water partition coefficient (Wildman–Crippen LogP) is 5.29. The number of rotatable bonds is 0. The van der Waals surface area contributed by atoms with Gasteiger partial charge in [0.15, 0.2) is 0 Å². The van der Waals surface area contributed by atoms with Gasteiger partial charge in [-0.15, -0.1) is 0 Å². The molecule has 1 nitrogen and oxygen atoms in total. The van der Waals surface area contributed by atoms with E-state index in [0.717, 1.165) is 0 Å². The summed E-state index contributed by atoms with van der Waals surface area (Å²) in [4.78, 5) is 2.36. The van der Waals surface area contributed by atoms with E-state index in [4.69, 9.17) is 0 Å². The van der Waals surface area contributed by atoms with Crippen LogP contribution >= 0.6 is 0 Å². The average Bonchev–Trinajstić information content (AvgIpc) is 2.80. The fourth-order valence-electron chi connectivity index (χ4n) is 6.02. The van der Waals surface area contributed by atoms with Crippen LogP contribution in [0.15, 0.2) is 97.1 Å². The van der Waals surface area contributed by atoms with E-state index >= 15 is 0 Å². The molecule has 0 atom stereocenters. The van der Waals surface area contributed by atoms with Gasteiger partial charge in [-0.05, 0) is 44.8 Å². The molecule has 1 spiro atoms. The van der Waals surface area contributed by atoms with Crippen molar-refractivity contribution in [2.75, 3.05) is 11.9 Å². The third kappa shape index (κ3) is 1.97. The highest BCUT2D eigenvalue weighted by molar-refractivity contribution is 7.01. The zero-order chi connectivity index (χ0) is 20.5. The summed E-state index contributed by atoms with van der Waals surface area (Å²) in [6.45, 7) is 5.01. The number of nitrogens with zero attached hydrogens (tertiary/aromatic N) is 1. The van der Waals surface area contributed by atoms with E-state index < -0.39 is 8.07 Å². The Labute approximate surface area is 179 Å². The number of hydrogen-bond acceptors (Lipinski definition) is 1. The molecule has 4 aromatic carbocycles.